The number of amidine groups is 1. The summed E-state index contributed by atoms with van der Waals surface area (Å²) in [5, 5.41) is 11.2. The predicted molar refractivity (Wildman–Crippen MR) is 47.3 cm³/mol. The third kappa shape index (κ3) is 1.91. The van der Waals surface area contributed by atoms with Gasteiger partial charge in [-0.25, -0.2) is 4.68 Å². The van der Waals surface area contributed by atoms with Gasteiger partial charge < -0.3 is 5.73 Å². The molecule has 0 unspecified atom stereocenters. The van der Waals surface area contributed by atoms with Crippen molar-refractivity contribution in [3.63, 3.8) is 0 Å². The van der Waals surface area contributed by atoms with Gasteiger partial charge in [0, 0.05) is 18.8 Å². The topological polar surface area (TPSA) is 80.0 Å². The van der Waals surface area contributed by atoms with E-state index in [2.05, 4.69) is 10.1 Å². The van der Waals surface area contributed by atoms with Gasteiger partial charge in [0.15, 0.2) is 0 Å². The molecule has 0 saturated heterocycles. The second-order valence-electron chi connectivity index (χ2n) is 2.23. The first-order valence-electron chi connectivity index (χ1n) is 3.65. The second kappa shape index (κ2) is 3.66. The lowest BCUT2D eigenvalue weighted by Gasteiger charge is -1.97. The average Bonchev–Trinajstić information content (AvgIpc) is 2.56. The van der Waals surface area contributed by atoms with Crippen LogP contribution in [0, 0.1) is 5.41 Å². The van der Waals surface area contributed by atoms with Crippen molar-refractivity contribution < 1.29 is 0 Å². The molecular weight excluding hydrogens is 154 g/mol. The van der Waals surface area contributed by atoms with Crippen LogP contribution in [0.1, 0.15) is 13.3 Å². The van der Waals surface area contributed by atoms with Crippen molar-refractivity contribution in [3.8, 4) is 0 Å². The maximum absolute atomic E-state index is 7.41. The molecular formula is C7H11N5. The molecule has 0 fully saturated rings. The van der Waals surface area contributed by atoms with E-state index in [-0.39, 0.29) is 5.96 Å². The first kappa shape index (κ1) is 8.45. The third-order valence-corrected chi connectivity index (χ3v) is 1.33. The number of hydrogen-bond donors (Lipinski definition) is 2. The van der Waals surface area contributed by atoms with Gasteiger partial charge in [-0.1, -0.05) is 6.92 Å². The molecule has 64 valence electrons. The van der Waals surface area contributed by atoms with Crippen molar-refractivity contribution >= 4 is 11.8 Å². The van der Waals surface area contributed by atoms with Crippen LogP contribution in [-0.2, 0) is 0 Å². The van der Waals surface area contributed by atoms with E-state index in [0.29, 0.717) is 12.3 Å². The number of nitrogens with two attached hydrogens (primary N) is 1. The Morgan fingerprint density at radius 3 is 3.00 bits per heavy atom. The van der Waals surface area contributed by atoms with Gasteiger partial charge in [0.25, 0.3) is 0 Å². The Morgan fingerprint density at radius 1 is 1.75 bits per heavy atom. The molecule has 0 atom stereocenters. The summed E-state index contributed by atoms with van der Waals surface area (Å²) in [6.07, 6.45) is 3.88. The number of aromatic nitrogens is 2. The van der Waals surface area contributed by atoms with Crippen LogP contribution in [-0.4, -0.2) is 21.6 Å². The Balaban J connectivity index is 2.74. The molecule has 0 aliphatic carbocycles. The van der Waals surface area contributed by atoms with Crippen molar-refractivity contribution in [3.05, 3.63) is 18.5 Å². The number of hydrogen-bond acceptors (Lipinski definition) is 2. The lowest BCUT2D eigenvalue weighted by atomic mass is 10.5. The molecule has 5 heteroatoms. The Kier molecular flexibility index (Phi) is 2.57. The van der Waals surface area contributed by atoms with Gasteiger partial charge in [0.1, 0.15) is 5.84 Å². The highest BCUT2D eigenvalue weighted by atomic mass is 15.3. The molecule has 12 heavy (non-hydrogen) atoms. The summed E-state index contributed by atoms with van der Waals surface area (Å²) in [6.45, 7) is 1.88. The van der Waals surface area contributed by atoms with Crippen molar-refractivity contribution in [2.75, 3.05) is 0 Å². The van der Waals surface area contributed by atoms with Gasteiger partial charge in [-0.05, 0) is 6.07 Å². The summed E-state index contributed by atoms with van der Waals surface area (Å²) >= 11 is 0. The van der Waals surface area contributed by atoms with Crippen LogP contribution in [0.15, 0.2) is 23.5 Å². The smallest absolute Gasteiger partial charge is 0.244 e. The van der Waals surface area contributed by atoms with E-state index in [9.17, 15) is 0 Å². The van der Waals surface area contributed by atoms with Crippen LogP contribution < -0.4 is 5.73 Å². The molecule has 0 bridgehead atoms. The summed E-state index contributed by atoms with van der Waals surface area (Å²) in [6, 6.07) is 1.73. The van der Waals surface area contributed by atoms with Gasteiger partial charge in [-0.2, -0.15) is 10.1 Å². The molecule has 0 saturated carbocycles. The van der Waals surface area contributed by atoms with Crippen molar-refractivity contribution in [1.82, 2.24) is 9.78 Å². The van der Waals surface area contributed by atoms with Crippen LogP contribution in [0.2, 0.25) is 0 Å². The summed E-state index contributed by atoms with van der Waals surface area (Å²) in [5.74, 6) is 0.481. The molecule has 1 heterocycles. The minimum absolute atomic E-state index is 0.0411. The molecule has 0 aliphatic heterocycles. The highest BCUT2D eigenvalue weighted by molar-refractivity contribution is 5.94. The van der Waals surface area contributed by atoms with Gasteiger partial charge in [-0.15, -0.1) is 0 Å². The normalized spacial score (nSPS) is 11.6. The summed E-state index contributed by atoms with van der Waals surface area (Å²) in [5.41, 5.74) is 5.45. The molecule has 1 aromatic heterocycles. The predicted octanol–water partition coefficient (Wildman–Crippen LogP) is 0.433. The van der Waals surface area contributed by atoms with Crippen LogP contribution in [0.3, 0.4) is 0 Å². The van der Waals surface area contributed by atoms with Crippen LogP contribution >= 0.6 is 0 Å². The Labute approximate surface area is 70.4 Å². The summed E-state index contributed by atoms with van der Waals surface area (Å²) < 4.78 is 1.35. The van der Waals surface area contributed by atoms with Crippen LogP contribution in [0.25, 0.3) is 0 Å². The number of nitrogens with zero attached hydrogens (tertiary/aromatic N) is 3. The van der Waals surface area contributed by atoms with E-state index >= 15 is 0 Å². The second-order valence-corrected chi connectivity index (χ2v) is 2.23. The average molecular weight is 165 g/mol. The molecule has 1 aromatic rings. The first-order chi connectivity index (χ1) is 5.74. The fourth-order valence-electron chi connectivity index (χ4n) is 0.660. The largest absolute Gasteiger partial charge is 0.387 e. The zero-order chi connectivity index (χ0) is 8.97. The SMILES string of the molecule is CC/C(N)=N/C(=N)n1cccn1. The van der Waals surface area contributed by atoms with Crippen LogP contribution in [0.5, 0.6) is 0 Å². The highest BCUT2D eigenvalue weighted by Gasteiger charge is 1.96. The van der Waals surface area contributed by atoms with Crippen molar-refractivity contribution in [2.45, 2.75) is 13.3 Å². The Hall–Kier alpha value is -1.65. The lowest BCUT2D eigenvalue weighted by Crippen LogP contribution is -2.16. The molecule has 0 aromatic carbocycles. The minimum Gasteiger partial charge on any atom is -0.387 e. The monoisotopic (exact) mass is 165 g/mol. The van der Waals surface area contributed by atoms with Gasteiger partial charge in [-0.3, -0.25) is 5.41 Å². The maximum atomic E-state index is 7.41. The van der Waals surface area contributed by atoms with Gasteiger partial charge in [0.2, 0.25) is 5.96 Å². The number of nitrogens with one attached hydrogen (secondary N) is 1. The standard InChI is InChI=1S/C7H11N5/c1-2-6(8)11-7(9)12-5-3-4-10-12/h3-5H,2H2,1H3,(H3,8,9,11). The number of aliphatic imine (C=N–C) groups is 1. The molecule has 0 aliphatic rings. The van der Waals surface area contributed by atoms with E-state index < -0.39 is 0 Å². The fourth-order valence-corrected chi connectivity index (χ4v) is 0.660. The van der Waals surface area contributed by atoms with E-state index in [1.807, 2.05) is 6.92 Å². The number of rotatable bonds is 1. The molecule has 1 rings (SSSR count). The third-order valence-electron chi connectivity index (χ3n) is 1.33. The molecule has 0 spiro atoms. The maximum Gasteiger partial charge on any atom is 0.244 e. The summed E-state index contributed by atoms with van der Waals surface area (Å²) in [7, 11) is 0. The van der Waals surface area contributed by atoms with E-state index in [1.54, 1.807) is 18.5 Å². The molecule has 0 amide bonds. The Bertz CT molecular complexity index is 285. The van der Waals surface area contributed by atoms with Crippen molar-refractivity contribution in [1.29, 1.82) is 5.41 Å². The van der Waals surface area contributed by atoms with Crippen molar-refractivity contribution in [2.24, 2.45) is 10.7 Å². The Morgan fingerprint density at radius 2 is 2.50 bits per heavy atom. The zero-order valence-corrected chi connectivity index (χ0v) is 6.86. The van der Waals surface area contributed by atoms with Gasteiger partial charge >= 0.3 is 0 Å². The van der Waals surface area contributed by atoms with Gasteiger partial charge in [0.05, 0.1) is 0 Å². The summed E-state index contributed by atoms with van der Waals surface area (Å²) in [4.78, 5) is 3.82. The van der Waals surface area contributed by atoms with E-state index in [0.717, 1.165) is 0 Å². The van der Waals surface area contributed by atoms with E-state index in [1.165, 1.54) is 4.68 Å². The quantitative estimate of drug-likeness (QED) is 0.467. The molecule has 5 nitrogen and oxygen atoms in total. The minimum atomic E-state index is 0.0411. The first-order valence-corrected chi connectivity index (χ1v) is 3.65. The molecule has 0 radical (unpaired) electrons. The van der Waals surface area contributed by atoms with Crippen LogP contribution in [0.4, 0.5) is 0 Å². The zero-order valence-electron chi connectivity index (χ0n) is 6.86. The fraction of sp³-hybridized carbons (Fsp3) is 0.286. The van der Waals surface area contributed by atoms with E-state index in [4.69, 9.17) is 11.1 Å². The molecule has 3 N–H and O–H groups in total. The lowest BCUT2D eigenvalue weighted by molar-refractivity contribution is 0.910. The highest BCUT2D eigenvalue weighted by Crippen LogP contribution is 1.87.